The average molecular weight is 447 g/mol. The van der Waals surface area contributed by atoms with E-state index in [9.17, 15) is 4.79 Å². The zero-order valence-electron chi connectivity index (χ0n) is 18.3. The Morgan fingerprint density at radius 1 is 1.19 bits per heavy atom. The van der Waals surface area contributed by atoms with Gasteiger partial charge in [-0.1, -0.05) is 12.1 Å². The summed E-state index contributed by atoms with van der Waals surface area (Å²) in [5.41, 5.74) is 3.78. The van der Waals surface area contributed by atoms with Crippen molar-refractivity contribution < 1.29 is 4.79 Å². The maximum Gasteiger partial charge on any atom is 0.228 e. The number of hydrogen-bond acceptors (Lipinski definition) is 6. The Kier molecular flexibility index (Phi) is 5.61. The number of carbonyl (C=O) groups excluding carboxylic acids is 1. The summed E-state index contributed by atoms with van der Waals surface area (Å²) in [6.07, 6.45) is 6.21. The smallest absolute Gasteiger partial charge is 0.228 e. The van der Waals surface area contributed by atoms with E-state index in [2.05, 4.69) is 21.4 Å². The first-order chi connectivity index (χ1) is 15.6. The van der Waals surface area contributed by atoms with E-state index >= 15 is 0 Å². The first-order valence-corrected chi connectivity index (χ1v) is 11.8. The molecule has 4 aromatic rings. The average Bonchev–Trinajstić information content (AvgIpc) is 3.36. The fourth-order valence-electron chi connectivity index (χ4n) is 4.35. The molecule has 0 saturated carbocycles. The minimum Gasteiger partial charge on any atom is -0.342 e. The first kappa shape index (κ1) is 20.6. The lowest BCUT2D eigenvalue weighted by molar-refractivity contribution is -0.131. The molecular weight excluding hydrogens is 420 g/mol. The Morgan fingerprint density at radius 3 is 2.94 bits per heavy atom. The maximum absolute atomic E-state index is 13.2. The van der Waals surface area contributed by atoms with Crippen LogP contribution in [0.4, 0.5) is 10.9 Å². The summed E-state index contributed by atoms with van der Waals surface area (Å²) >= 11 is 1.61. The number of nitrogens with one attached hydrogen (secondary N) is 1. The largest absolute Gasteiger partial charge is 0.342 e. The Balaban J connectivity index is 1.29. The molecule has 1 unspecified atom stereocenters. The summed E-state index contributed by atoms with van der Waals surface area (Å²) in [6, 6.07) is 11.9. The maximum atomic E-state index is 13.2. The molecule has 1 amide bonds. The molecule has 1 aliphatic rings. The van der Waals surface area contributed by atoms with Crippen LogP contribution in [0.15, 0.2) is 48.8 Å². The predicted octanol–water partition coefficient (Wildman–Crippen LogP) is 4.49. The SMILES string of the molecule is Cc1cnc(Nc2cccc(C3CCCN(C(=O)Cc4c(C)nc5ccccn45)C3)n2)s1. The minimum atomic E-state index is 0.149. The molecule has 1 N–H and O–H groups in total. The number of likely N-dealkylation sites (tertiary alicyclic amines) is 1. The second-order valence-electron chi connectivity index (χ2n) is 8.28. The van der Waals surface area contributed by atoms with Crippen LogP contribution in [0.1, 0.15) is 40.7 Å². The lowest BCUT2D eigenvalue weighted by Crippen LogP contribution is -2.40. The number of carbonyl (C=O) groups is 1. The molecule has 1 fully saturated rings. The molecule has 5 heterocycles. The van der Waals surface area contributed by atoms with Gasteiger partial charge in [-0.15, -0.1) is 11.3 Å². The number of fused-ring (bicyclic) bond motifs is 1. The zero-order valence-corrected chi connectivity index (χ0v) is 19.1. The predicted molar refractivity (Wildman–Crippen MR) is 127 cm³/mol. The zero-order chi connectivity index (χ0) is 22.1. The second-order valence-corrected chi connectivity index (χ2v) is 9.51. The fraction of sp³-hybridized carbons (Fsp3) is 0.333. The molecule has 164 valence electrons. The van der Waals surface area contributed by atoms with Crippen LogP contribution < -0.4 is 5.32 Å². The fourth-order valence-corrected chi connectivity index (χ4v) is 5.02. The third kappa shape index (κ3) is 4.23. The molecule has 1 saturated heterocycles. The van der Waals surface area contributed by atoms with Gasteiger partial charge in [-0.3, -0.25) is 4.79 Å². The first-order valence-electron chi connectivity index (χ1n) is 10.9. The van der Waals surface area contributed by atoms with Gasteiger partial charge in [-0.05, 0) is 51.0 Å². The number of pyridine rings is 2. The number of hydrogen-bond donors (Lipinski definition) is 1. The molecule has 1 aliphatic heterocycles. The van der Waals surface area contributed by atoms with Crippen LogP contribution in [0.2, 0.25) is 0 Å². The van der Waals surface area contributed by atoms with Gasteiger partial charge in [-0.2, -0.15) is 0 Å². The lowest BCUT2D eigenvalue weighted by Gasteiger charge is -2.32. The van der Waals surface area contributed by atoms with Crippen LogP contribution >= 0.6 is 11.3 Å². The molecule has 4 aromatic heterocycles. The van der Waals surface area contributed by atoms with Crippen molar-refractivity contribution in [1.29, 1.82) is 0 Å². The van der Waals surface area contributed by atoms with Gasteiger partial charge in [0.15, 0.2) is 5.13 Å². The van der Waals surface area contributed by atoms with Crippen molar-refractivity contribution in [3.8, 4) is 0 Å². The summed E-state index contributed by atoms with van der Waals surface area (Å²) in [4.78, 5) is 30.1. The van der Waals surface area contributed by atoms with Crippen LogP contribution in [-0.4, -0.2) is 43.2 Å². The Hall–Kier alpha value is -3.26. The van der Waals surface area contributed by atoms with Crippen molar-refractivity contribution in [2.24, 2.45) is 0 Å². The highest BCUT2D eigenvalue weighted by molar-refractivity contribution is 7.15. The quantitative estimate of drug-likeness (QED) is 0.489. The molecule has 0 radical (unpaired) electrons. The normalized spacial score (nSPS) is 16.4. The number of thiazole rings is 1. The third-order valence-electron chi connectivity index (χ3n) is 5.97. The van der Waals surface area contributed by atoms with Gasteiger partial charge in [0, 0.05) is 42.0 Å². The molecule has 0 bridgehead atoms. The molecule has 32 heavy (non-hydrogen) atoms. The summed E-state index contributed by atoms with van der Waals surface area (Å²) in [6.45, 7) is 5.50. The minimum absolute atomic E-state index is 0.149. The highest BCUT2D eigenvalue weighted by Crippen LogP contribution is 2.28. The third-order valence-corrected chi connectivity index (χ3v) is 6.80. The molecule has 0 aliphatic carbocycles. The van der Waals surface area contributed by atoms with Gasteiger partial charge in [0.25, 0.3) is 0 Å². The monoisotopic (exact) mass is 446 g/mol. The number of rotatable bonds is 5. The molecular formula is C24H26N6OS. The van der Waals surface area contributed by atoms with E-state index in [1.54, 1.807) is 11.3 Å². The molecule has 1 atom stereocenters. The van der Waals surface area contributed by atoms with Gasteiger partial charge < -0.3 is 14.6 Å². The Morgan fingerprint density at radius 2 is 2.09 bits per heavy atom. The van der Waals surface area contributed by atoms with Crippen LogP contribution in [0.5, 0.6) is 0 Å². The second kappa shape index (κ2) is 8.70. The van der Waals surface area contributed by atoms with Gasteiger partial charge in [0.2, 0.25) is 5.91 Å². The molecule has 7 nitrogen and oxygen atoms in total. The standard InChI is InChI=1S/C24H26N6OS/c1-16-14-25-24(32-16)28-21-9-5-8-19(27-21)18-7-6-11-29(15-18)23(31)13-20-17(2)26-22-10-3-4-12-30(20)22/h3-5,8-10,12,14,18H,6-7,11,13,15H2,1-2H3,(H,25,27,28). The van der Waals surface area contributed by atoms with Gasteiger partial charge in [0.1, 0.15) is 11.5 Å². The van der Waals surface area contributed by atoms with Crippen molar-refractivity contribution in [2.45, 2.75) is 39.0 Å². The van der Waals surface area contributed by atoms with Crippen molar-refractivity contribution in [3.63, 3.8) is 0 Å². The highest BCUT2D eigenvalue weighted by atomic mass is 32.1. The van der Waals surface area contributed by atoms with Crippen molar-refractivity contribution >= 4 is 33.8 Å². The summed E-state index contributed by atoms with van der Waals surface area (Å²) in [5, 5.41) is 4.14. The summed E-state index contributed by atoms with van der Waals surface area (Å²) in [7, 11) is 0. The summed E-state index contributed by atoms with van der Waals surface area (Å²) < 4.78 is 2.02. The van der Waals surface area contributed by atoms with Crippen LogP contribution in [0.25, 0.3) is 5.65 Å². The number of amides is 1. The summed E-state index contributed by atoms with van der Waals surface area (Å²) in [5.74, 6) is 1.17. The van der Waals surface area contributed by atoms with Crippen LogP contribution in [-0.2, 0) is 11.2 Å². The van der Waals surface area contributed by atoms with Gasteiger partial charge in [-0.25, -0.2) is 15.0 Å². The van der Waals surface area contributed by atoms with Crippen molar-refractivity contribution in [2.75, 3.05) is 18.4 Å². The molecule has 8 heteroatoms. The van der Waals surface area contributed by atoms with Gasteiger partial charge in [0.05, 0.1) is 17.8 Å². The van der Waals surface area contributed by atoms with E-state index in [4.69, 9.17) is 4.98 Å². The number of imidazole rings is 1. The number of piperidine rings is 1. The lowest BCUT2D eigenvalue weighted by atomic mass is 9.94. The van der Waals surface area contributed by atoms with E-state index in [1.165, 1.54) is 0 Å². The Bertz CT molecular complexity index is 1260. The number of aryl methyl sites for hydroxylation is 2. The number of aromatic nitrogens is 4. The Labute approximate surface area is 191 Å². The van der Waals surface area contributed by atoms with E-state index in [1.807, 2.05) is 65.9 Å². The molecule has 0 aromatic carbocycles. The van der Waals surface area contributed by atoms with E-state index in [0.29, 0.717) is 13.0 Å². The molecule has 5 rings (SSSR count). The highest BCUT2D eigenvalue weighted by Gasteiger charge is 2.27. The van der Waals surface area contributed by atoms with E-state index in [-0.39, 0.29) is 11.8 Å². The van der Waals surface area contributed by atoms with E-state index < -0.39 is 0 Å². The number of anilines is 2. The van der Waals surface area contributed by atoms with E-state index in [0.717, 1.165) is 57.9 Å². The topological polar surface area (TPSA) is 75.4 Å². The molecule has 0 spiro atoms. The number of nitrogens with zero attached hydrogens (tertiary/aromatic N) is 5. The van der Waals surface area contributed by atoms with Crippen molar-refractivity contribution in [3.05, 3.63) is 70.8 Å². The van der Waals surface area contributed by atoms with Crippen LogP contribution in [0.3, 0.4) is 0 Å². The van der Waals surface area contributed by atoms with Crippen molar-refractivity contribution in [1.82, 2.24) is 24.3 Å². The van der Waals surface area contributed by atoms with Crippen LogP contribution in [0, 0.1) is 13.8 Å². The van der Waals surface area contributed by atoms with Gasteiger partial charge >= 0.3 is 0 Å².